The van der Waals surface area contributed by atoms with Crippen molar-refractivity contribution in [3.8, 4) is 0 Å². The molecule has 0 atom stereocenters. The Labute approximate surface area is 83.5 Å². The van der Waals surface area contributed by atoms with Crippen LogP contribution in [0.25, 0.3) is 0 Å². The second-order valence-electron chi connectivity index (χ2n) is 4.53. The zero-order chi connectivity index (χ0) is 10.3. The van der Waals surface area contributed by atoms with Gasteiger partial charge in [-0.2, -0.15) is 0 Å². The van der Waals surface area contributed by atoms with Gasteiger partial charge in [0.1, 0.15) is 5.70 Å². The van der Waals surface area contributed by atoms with Crippen LogP contribution in [0.3, 0.4) is 0 Å². The Morgan fingerprint density at radius 3 is 2.64 bits per heavy atom. The SMILES string of the molecule is CC(C)(C)N1NCC2=C1C(=O)NCN2. The van der Waals surface area contributed by atoms with Gasteiger partial charge in [-0.25, -0.2) is 5.43 Å². The summed E-state index contributed by atoms with van der Waals surface area (Å²) in [6.07, 6.45) is 0. The minimum atomic E-state index is -0.0898. The number of carbonyl (C=O) groups excluding carboxylic acids is 1. The van der Waals surface area contributed by atoms with Crippen molar-refractivity contribution in [3.05, 3.63) is 11.4 Å². The van der Waals surface area contributed by atoms with Crippen molar-refractivity contribution in [2.24, 2.45) is 0 Å². The number of rotatable bonds is 0. The van der Waals surface area contributed by atoms with Gasteiger partial charge in [-0.1, -0.05) is 0 Å². The van der Waals surface area contributed by atoms with E-state index in [2.05, 4.69) is 36.8 Å². The molecule has 2 rings (SSSR count). The number of hydrazine groups is 1. The van der Waals surface area contributed by atoms with E-state index in [9.17, 15) is 4.79 Å². The minimum Gasteiger partial charge on any atom is -0.368 e. The van der Waals surface area contributed by atoms with Crippen LogP contribution in [0.1, 0.15) is 20.8 Å². The molecule has 2 aliphatic heterocycles. The Balaban J connectivity index is 2.33. The van der Waals surface area contributed by atoms with E-state index in [1.165, 1.54) is 0 Å². The normalized spacial score (nSPS) is 21.9. The topological polar surface area (TPSA) is 56.4 Å². The summed E-state index contributed by atoms with van der Waals surface area (Å²) in [5.74, 6) is -0.00123. The Morgan fingerprint density at radius 1 is 1.29 bits per heavy atom. The lowest BCUT2D eigenvalue weighted by atomic mass is 10.1. The first-order chi connectivity index (χ1) is 6.50. The molecule has 0 aliphatic carbocycles. The molecule has 0 spiro atoms. The number of amides is 1. The zero-order valence-corrected chi connectivity index (χ0v) is 8.77. The third-order valence-corrected chi connectivity index (χ3v) is 2.36. The van der Waals surface area contributed by atoms with E-state index in [4.69, 9.17) is 0 Å². The van der Waals surface area contributed by atoms with Gasteiger partial charge in [0.05, 0.1) is 18.9 Å². The van der Waals surface area contributed by atoms with Crippen LogP contribution in [0.4, 0.5) is 0 Å². The maximum atomic E-state index is 11.6. The van der Waals surface area contributed by atoms with E-state index in [-0.39, 0.29) is 11.4 Å². The van der Waals surface area contributed by atoms with Crippen LogP contribution in [0.15, 0.2) is 11.4 Å². The fourth-order valence-corrected chi connectivity index (χ4v) is 1.73. The van der Waals surface area contributed by atoms with Crippen LogP contribution in [-0.2, 0) is 4.79 Å². The largest absolute Gasteiger partial charge is 0.368 e. The summed E-state index contributed by atoms with van der Waals surface area (Å²) in [4.78, 5) is 11.6. The molecule has 78 valence electrons. The third-order valence-electron chi connectivity index (χ3n) is 2.36. The number of hydrogen-bond donors (Lipinski definition) is 3. The second kappa shape index (κ2) is 2.88. The molecule has 1 amide bonds. The Morgan fingerprint density at radius 2 is 2.00 bits per heavy atom. The molecular weight excluding hydrogens is 180 g/mol. The van der Waals surface area contributed by atoms with E-state index in [1.54, 1.807) is 0 Å². The molecule has 14 heavy (non-hydrogen) atoms. The summed E-state index contributed by atoms with van der Waals surface area (Å²) in [6.45, 7) is 7.44. The molecule has 0 saturated heterocycles. The first kappa shape index (κ1) is 9.33. The van der Waals surface area contributed by atoms with Crippen molar-refractivity contribution in [3.63, 3.8) is 0 Å². The molecule has 5 nitrogen and oxygen atoms in total. The summed E-state index contributed by atoms with van der Waals surface area (Å²) >= 11 is 0. The molecule has 2 aliphatic rings. The maximum absolute atomic E-state index is 11.6. The van der Waals surface area contributed by atoms with Crippen LogP contribution in [0.2, 0.25) is 0 Å². The first-order valence-electron chi connectivity index (χ1n) is 4.79. The van der Waals surface area contributed by atoms with E-state index in [0.29, 0.717) is 13.2 Å². The van der Waals surface area contributed by atoms with Gasteiger partial charge >= 0.3 is 0 Å². The zero-order valence-electron chi connectivity index (χ0n) is 8.77. The molecule has 0 aromatic carbocycles. The number of nitrogens with one attached hydrogen (secondary N) is 3. The molecule has 0 saturated carbocycles. The van der Waals surface area contributed by atoms with Crippen LogP contribution < -0.4 is 16.1 Å². The molecule has 5 heteroatoms. The van der Waals surface area contributed by atoms with Crippen molar-refractivity contribution >= 4 is 5.91 Å². The number of carbonyl (C=O) groups is 1. The predicted octanol–water partition coefficient (Wildman–Crippen LogP) is -0.506. The van der Waals surface area contributed by atoms with Gasteiger partial charge in [0.15, 0.2) is 0 Å². The van der Waals surface area contributed by atoms with Crippen molar-refractivity contribution in [1.82, 2.24) is 21.1 Å². The third kappa shape index (κ3) is 1.33. The monoisotopic (exact) mass is 196 g/mol. The van der Waals surface area contributed by atoms with Crippen LogP contribution in [-0.4, -0.2) is 29.7 Å². The van der Waals surface area contributed by atoms with Crippen LogP contribution in [0, 0.1) is 0 Å². The van der Waals surface area contributed by atoms with Gasteiger partial charge in [0.25, 0.3) is 5.91 Å². The molecule has 2 heterocycles. The summed E-state index contributed by atoms with van der Waals surface area (Å²) in [7, 11) is 0. The summed E-state index contributed by atoms with van der Waals surface area (Å²) in [5, 5.41) is 7.84. The summed E-state index contributed by atoms with van der Waals surface area (Å²) in [5.41, 5.74) is 4.83. The van der Waals surface area contributed by atoms with E-state index < -0.39 is 0 Å². The van der Waals surface area contributed by atoms with E-state index >= 15 is 0 Å². The van der Waals surface area contributed by atoms with E-state index in [1.807, 2.05) is 5.01 Å². The van der Waals surface area contributed by atoms with Crippen molar-refractivity contribution in [2.75, 3.05) is 13.2 Å². The fraction of sp³-hybridized carbons (Fsp3) is 0.667. The van der Waals surface area contributed by atoms with Gasteiger partial charge in [-0.05, 0) is 20.8 Å². The second-order valence-corrected chi connectivity index (χ2v) is 4.53. The lowest BCUT2D eigenvalue weighted by Gasteiger charge is -2.35. The summed E-state index contributed by atoms with van der Waals surface area (Å²) < 4.78 is 0. The van der Waals surface area contributed by atoms with Gasteiger partial charge in [-0.3, -0.25) is 9.80 Å². The molecular formula is C9H16N4O. The average molecular weight is 196 g/mol. The van der Waals surface area contributed by atoms with Gasteiger partial charge < -0.3 is 10.6 Å². The van der Waals surface area contributed by atoms with Crippen molar-refractivity contribution in [1.29, 1.82) is 0 Å². The predicted molar refractivity (Wildman–Crippen MR) is 52.8 cm³/mol. The lowest BCUT2D eigenvalue weighted by Crippen LogP contribution is -2.50. The highest BCUT2D eigenvalue weighted by Crippen LogP contribution is 2.24. The highest BCUT2D eigenvalue weighted by atomic mass is 16.2. The number of nitrogens with zero attached hydrogens (tertiary/aromatic N) is 1. The molecule has 0 bridgehead atoms. The molecule has 0 fully saturated rings. The Kier molecular flexibility index (Phi) is 1.92. The van der Waals surface area contributed by atoms with Crippen molar-refractivity contribution in [2.45, 2.75) is 26.3 Å². The maximum Gasteiger partial charge on any atom is 0.272 e. The average Bonchev–Trinajstić information content (AvgIpc) is 2.47. The van der Waals surface area contributed by atoms with Gasteiger partial charge in [0.2, 0.25) is 0 Å². The number of hydrogen-bond acceptors (Lipinski definition) is 4. The quantitative estimate of drug-likeness (QED) is 0.488. The lowest BCUT2D eigenvalue weighted by molar-refractivity contribution is -0.120. The standard InChI is InChI=1S/C9H16N4O/c1-9(2,3)13-7-6(4-12-13)10-5-11-8(7)14/h10,12H,4-5H2,1-3H3,(H,11,14). The first-order valence-corrected chi connectivity index (χ1v) is 4.79. The molecule has 0 aromatic heterocycles. The molecule has 0 radical (unpaired) electrons. The highest BCUT2D eigenvalue weighted by molar-refractivity contribution is 5.94. The van der Waals surface area contributed by atoms with Gasteiger partial charge in [-0.15, -0.1) is 0 Å². The van der Waals surface area contributed by atoms with Crippen LogP contribution in [0.5, 0.6) is 0 Å². The van der Waals surface area contributed by atoms with Crippen LogP contribution >= 0.6 is 0 Å². The minimum absolute atomic E-state index is 0.00123. The summed E-state index contributed by atoms with van der Waals surface area (Å²) in [6, 6.07) is 0. The van der Waals surface area contributed by atoms with E-state index in [0.717, 1.165) is 11.4 Å². The molecule has 3 N–H and O–H groups in total. The molecule has 0 aromatic rings. The smallest absolute Gasteiger partial charge is 0.272 e. The fourth-order valence-electron chi connectivity index (χ4n) is 1.73. The van der Waals surface area contributed by atoms with Crippen molar-refractivity contribution < 1.29 is 4.79 Å². The Bertz CT molecular complexity index is 302. The molecule has 0 unspecified atom stereocenters. The highest BCUT2D eigenvalue weighted by Gasteiger charge is 2.36. The van der Waals surface area contributed by atoms with Gasteiger partial charge in [0, 0.05) is 5.54 Å². The Hall–Kier alpha value is -1.23.